The largest absolute Gasteiger partial charge is 0.461 e. The summed E-state index contributed by atoms with van der Waals surface area (Å²) in [5.74, 6) is 0.290. The second-order valence-electron chi connectivity index (χ2n) is 4.42. The third-order valence-corrected chi connectivity index (χ3v) is 2.84. The number of rotatable bonds is 5. The first-order chi connectivity index (χ1) is 10.0. The number of hydrogen-bond donors (Lipinski definition) is 2. The average molecular weight is 291 g/mol. The van der Waals surface area contributed by atoms with Crippen molar-refractivity contribution < 1.29 is 18.7 Å². The van der Waals surface area contributed by atoms with Crippen LogP contribution in [0.3, 0.4) is 0 Å². The van der Waals surface area contributed by atoms with E-state index in [0.717, 1.165) is 11.3 Å². The van der Waals surface area contributed by atoms with Gasteiger partial charge in [-0.3, -0.25) is 9.89 Å². The molecule has 0 unspecified atom stereocenters. The molecule has 7 nitrogen and oxygen atoms in total. The third kappa shape index (κ3) is 3.31. The van der Waals surface area contributed by atoms with E-state index in [9.17, 15) is 9.59 Å². The van der Waals surface area contributed by atoms with Crippen LogP contribution in [0.15, 0.2) is 16.5 Å². The highest BCUT2D eigenvalue weighted by Crippen LogP contribution is 2.17. The second-order valence-corrected chi connectivity index (χ2v) is 4.42. The third-order valence-electron chi connectivity index (χ3n) is 2.84. The number of esters is 1. The van der Waals surface area contributed by atoms with Crippen LogP contribution < -0.4 is 5.32 Å². The summed E-state index contributed by atoms with van der Waals surface area (Å²) in [6.45, 7) is 5.72. The lowest BCUT2D eigenvalue weighted by molar-refractivity contribution is 0.0519. The van der Waals surface area contributed by atoms with Crippen LogP contribution in [0.5, 0.6) is 0 Å². The van der Waals surface area contributed by atoms with Gasteiger partial charge in [0.25, 0.3) is 5.91 Å². The van der Waals surface area contributed by atoms with Crippen LogP contribution in [0.4, 0.5) is 5.82 Å². The number of H-pyrrole nitrogens is 1. The molecule has 2 aromatic rings. The van der Waals surface area contributed by atoms with Gasteiger partial charge in [-0.05, 0) is 19.9 Å². The van der Waals surface area contributed by atoms with Crippen LogP contribution in [0, 0.1) is 6.92 Å². The molecule has 2 rings (SSSR count). The Morgan fingerprint density at radius 2 is 2.14 bits per heavy atom. The Hall–Kier alpha value is -2.57. The van der Waals surface area contributed by atoms with E-state index in [1.54, 1.807) is 13.8 Å². The minimum absolute atomic E-state index is 0.178. The zero-order valence-electron chi connectivity index (χ0n) is 12.1. The molecule has 0 aliphatic rings. The van der Waals surface area contributed by atoms with Gasteiger partial charge < -0.3 is 14.5 Å². The van der Waals surface area contributed by atoms with Crippen LogP contribution in [-0.2, 0) is 11.2 Å². The molecule has 2 N–H and O–H groups in total. The van der Waals surface area contributed by atoms with E-state index < -0.39 is 11.9 Å². The van der Waals surface area contributed by atoms with Crippen molar-refractivity contribution in [2.45, 2.75) is 27.2 Å². The summed E-state index contributed by atoms with van der Waals surface area (Å²) >= 11 is 0. The molecule has 0 spiro atoms. The maximum atomic E-state index is 12.1. The minimum atomic E-state index is -0.520. The number of hydrogen-bond acceptors (Lipinski definition) is 5. The molecule has 7 heteroatoms. The fraction of sp³-hybridized carbons (Fsp3) is 0.357. The highest BCUT2D eigenvalue weighted by Gasteiger charge is 2.18. The van der Waals surface area contributed by atoms with Gasteiger partial charge in [-0.1, -0.05) is 6.92 Å². The molecule has 1 amide bonds. The van der Waals surface area contributed by atoms with Crippen LogP contribution in [0.1, 0.15) is 46.2 Å². The highest BCUT2D eigenvalue weighted by molar-refractivity contribution is 6.03. The number of furan rings is 1. The molecule has 0 bridgehead atoms. The molecule has 0 aliphatic carbocycles. The number of carbonyl (C=O) groups is 2. The summed E-state index contributed by atoms with van der Waals surface area (Å²) in [7, 11) is 0. The van der Waals surface area contributed by atoms with Gasteiger partial charge in [0.2, 0.25) is 0 Å². The molecule has 0 radical (unpaired) electrons. The zero-order valence-corrected chi connectivity index (χ0v) is 12.1. The number of aromatic nitrogens is 2. The molecule has 21 heavy (non-hydrogen) atoms. The Bertz CT molecular complexity index is 657. The van der Waals surface area contributed by atoms with Crippen molar-refractivity contribution in [1.29, 1.82) is 0 Å². The Balaban J connectivity index is 2.09. The van der Waals surface area contributed by atoms with Crippen molar-refractivity contribution in [3.8, 4) is 0 Å². The summed E-state index contributed by atoms with van der Waals surface area (Å²) in [5.41, 5.74) is 0.933. The van der Waals surface area contributed by atoms with Crippen LogP contribution >= 0.6 is 0 Å². The van der Waals surface area contributed by atoms with Crippen molar-refractivity contribution in [2.75, 3.05) is 11.9 Å². The van der Waals surface area contributed by atoms with Gasteiger partial charge in [0, 0.05) is 18.1 Å². The average Bonchev–Trinajstić information content (AvgIpc) is 3.05. The molecule has 0 atom stereocenters. The van der Waals surface area contributed by atoms with Gasteiger partial charge in [-0.2, -0.15) is 5.10 Å². The predicted octanol–water partition coefficient (Wildman–Crippen LogP) is 2.30. The molecule has 0 fully saturated rings. The van der Waals surface area contributed by atoms with Gasteiger partial charge >= 0.3 is 5.97 Å². The first kappa shape index (κ1) is 14.8. The van der Waals surface area contributed by atoms with Crippen molar-refractivity contribution in [3.05, 3.63) is 34.9 Å². The lowest BCUT2D eigenvalue weighted by Crippen LogP contribution is -2.12. The quantitative estimate of drug-likeness (QED) is 0.824. The standard InChI is InChI=1S/C14H17N3O4/c1-4-9-6-8(3)12(21-9)13(18)15-11-7-10(16-17-11)14(19)20-5-2/h6-7H,4-5H2,1-3H3,(H2,15,16,17,18). The monoisotopic (exact) mass is 291 g/mol. The maximum absolute atomic E-state index is 12.1. The SMILES string of the molecule is CCOC(=O)c1cc(NC(=O)c2oc(CC)cc2C)n[nH]1. The Morgan fingerprint density at radius 3 is 2.76 bits per heavy atom. The number of aromatic amines is 1. The number of ether oxygens (including phenoxy) is 1. The Labute approximate surface area is 121 Å². The van der Waals surface area contributed by atoms with E-state index in [4.69, 9.17) is 9.15 Å². The summed E-state index contributed by atoms with van der Waals surface area (Å²) in [5, 5.41) is 8.92. The van der Waals surface area contributed by atoms with Gasteiger partial charge in [-0.25, -0.2) is 4.79 Å². The van der Waals surface area contributed by atoms with Crippen LogP contribution in [0.25, 0.3) is 0 Å². The van der Waals surface area contributed by atoms with E-state index in [1.165, 1.54) is 6.07 Å². The number of nitrogens with zero attached hydrogens (tertiary/aromatic N) is 1. The normalized spacial score (nSPS) is 10.4. The van der Waals surface area contributed by atoms with E-state index in [2.05, 4.69) is 15.5 Å². The summed E-state index contributed by atoms with van der Waals surface area (Å²) in [4.78, 5) is 23.6. The molecule has 112 valence electrons. The van der Waals surface area contributed by atoms with Crippen LogP contribution in [-0.4, -0.2) is 28.7 Å². The summed E-state index contributed by atoms with van der Waals surface area (Å²) in [6.07, 6.45) is 0.712. The maximum Gasteiger partial charge on any atom is 0.356 e. The van der Waals surface area contributed by atoms with Gasteiger partial charge in [0.05, 0.1) is 6.61 Å². The second kappa shape index (κ2) is 6.25. The fourth-order valence-electron chi connectivity index (χ4n) is 1.82. The molecular weight excluding hydrogens is 274 g/mol. The lowest BCUT2D eigenvalue weighted by atomic mass is 10.2. The predicted molar refractivity (Wildman–Crippen MR) is 75.3 cm³/mol. The number of anilines is 1. The first-order valence-electron chi connectivity index (χ1n) is 6.68. The fourth-order valence-corrected chi connectivity index (χ4v) is 1.82. The molecule has 0 saturated carbocycles. The summed E-state index contributed by atoms with van der Waals surface area (Å²) in [6, 6.07) is 3.23. The molecule has 2 aromatic heterocycles. The molecule has 0 saturated heterocycles. The number of nitrogens with one attached hydrogen (secondary N) is 2. The topological polar surface area (TPSA) is 97.2 Å². The van der Waals surface area contributed by atoms with Crippen molar-refractivity contribution in [1.82, 2.24) is 10.2 Å². The smallest absolute Gasteiger partial charge is 0.356 e. The van der Waals surface area contributed by atoms with E-state index in [1.807, 2.05) is 13.0 Å². The minimum Gasteiger partial charge on any atom is -0.461 e. The number of aryl methyl sites for hydroxylation is 2. The van der Waals surface area contributed by atoms with Crippen molar-refractivity contribution >= 4 is 17.7 Å². The Kier molecular flexibility index (Phi) is 4.42. The molecule has 0 aliphatic heterocycles. The van der Waals surface area contributed by atoms with Crippen molar-refractivity contribution in [3.63, 3.8) is 0 Å². The number of carbonyl (C=O) groups excluding carboxylic acids is 2. The van der Waals surface area contributed by atoms with Crippen LogP contribution in [0.2, 0.25) is 0 Å². The summed E-state index contributed by atoms with van der Waals surface area (Å²) < 4.78 is 10.3. The Morgan fingerprint density at radius 1 is 1.38 bits per heavy atom. The lowest BCUT2D eigenvalue weighted by Gasteiger charge is -1.99. The molecule has 0 aromatic carbocycles. The van der Waals surface area contributed by atoms with E-state index in [-0.39, 0.29) is 23.9 Å². The highest BCUT2D eigenvalue weighted by atomic mass is 16.5. The zero-order chi connectivity index (χ0) is 15.4. The van der Waals surface area contributed by atoms with E-state index >= 15 is 0 Å². The van der Waals surface area contributed by atoms with Gasteiger partial charge in [-0.15, -0.1) is 0 Å². The van der Waals surface area contributed by atoms with Gasteiger partial charge in [0.1, 0.15) is 11.5 Å². The molecular formula is C14H17N3O4. The van der Waals surface area contributed by atoms with E-state index in [0.29, 0.717) is 6.42 Å². The first-order valence-corrected chi connectivity index (χ1v) is 6.68. The molecule has 2 heterocycles. The van der Waals surface area contributed by atoms with Crippen molar-refractivity contribution in [2.24, 2.45) is 0 Å². The number of amides is 1. The van der Waals surface area contributed by atoms with Gasteiger partial charge in [0.15, 0.2) is 11.6 Å².